The highest BCUT2D eigenvalue weighted by Gasteiger charge is 2.47. The van der Waals surface area contributed by atoms with E-state index in [0.717, 1.165) is 5.69 Å². The van der Waals surface area contributed by atoms with Crippen LogP contribution in [0.2, 0.25) is 0 Å². The molecule has 1 N–H and O–H groups in total. The number of aliphatic hydroxyl groups excluding tert-OH is 1. The van der Waals surface area contributed by atoms with Gasteiger partial charge in [-0.3, -0.25) is 9.59 Å². The first-order valence-electron chi connectivity index (χ1n) is 9.74. The maximum Gasteiger partial charge on any atom is 0.295 e. The number of aryl methyl sites for hydroxylation is 1. The van der Waals surface area contributed by atoms with Crippen molar-refractivity contribution in [2.75, 3.05) is 45.4 Å². The number of likely N-dealkylation sites (tertiary alicyclic amines) is 1. The largest absolute Gasteiger partial charge is 0.507 e. The van der Waals surface area contributed by atoms with Gasteiger partial charge in [0.2, 0.25) is 0 Å². The second-order valence-electron chi connectivity index (χ2n) is 7.39. The van der Waals surface area contributed by atoms with Gasteiger partial charge in [-0.2, -0.15) is 0 Å². The summed E-state index contributed by atoms with van der Waals surface area (Å²) in [6, 6.07) is 7.85. The molecular formula is C22H24N2O6. The Morgan fingerprint density at radius 1 is 1.27 bits per heavy atom. The normalized spacial score (nSPS) is 20.4. The summed E-state index contributed by atoms with van der Waals surface area (Å²) in [4.78, 5) is 29.0. The zero-order chi connectivity index (χ0) is 21.4. The molecule has 1 aromatic carbocycles. The van der Waals surface area contributed by atoms with Crippen LogP contribution in [0.1, 0.15) is 23.1 Å². The van der Waals surface area contributed by atoms with Crippen molar-refractivity contribution in [1.82, 2.24) is 4.90 Å². The molecule has 2 aromatic rings. The Bertz CT molecular complexity index is 1020. The molecule has 2 aliphatic rings. The van der Waals surface area contributed by atoms with E-state index in [1.807, 2.05) is 11.9 Å². The number of carbonyl (C=O) groups excluding carboxylic acids is 2. The van der Waals surface area contributed by atoms with E-state index in [2.05, 4.69) is 0 Å². The van der Waals surface area contributed by atoms with Crippen LogP contribution in [0, 0.1) is 6.92 Å². The van der Waals surface area contributed by atoms with Crippen molar-refractivity contribution in [3.63, 3.8) is 0 Å². The quantitative estimate of drug-likeness (QED) is 0.458. The zero-order valence-electron chi connectivity index (χ0n) is 17.2. The van der Waals surface area contributed by atoms with Gasteiger partial charge in [-0.05, 0) is 37.3 Å². The second kappa shape index (κ2) is 7.87. The number of hydrogen-bond donors (Lipinski definition) is 1. The summed E-state index contributed by atoms with van der Waals surface area (Å²) in [6.45, 7) is 3.53. The van der Waals surface area contributed by atoms with Gasteiger partial charge in [0.25, 0.3) is 11.7 Å². The summed E-state index contributed by atoms with van der Waals surface area (Å²) < 4.78 is 16.5. The van der Waals surface area contributed by atoms with E-state index in [-0.39, 0.29) is 24.5 Å². The molecule has 8 heteroatoms. The fourth-order valence-corrected chi connectivity index (χ4v) is 3.85. The van der Waals surface area contributed by atoms with Gasteiger partial charge >= 0.3 is 0 Å². The molecule has 158 valence electrons. The zero-order valence-corrected chi connectivity index (χ0v) is 17.2. The molecule has 30 heavy (non-hydrogen) atoms. The molecule has 0 bridgehead atoms. The number of likely N-dealkylation sites (N-methyl/N-ethyl adjacent to an activating group) is 1. The van der Waals surface area contributed by atoms with E-state index in [1.54, 1.807) is 37.3 Å². The Kier molecular flexibility index (Phi) is 5.26. The molecule has 0 saturated carbocycles. The number of Topliss-reactive ketones (excluding diaryl/α,β-unsaturated/α-hetero) is 1. The van der Waals surface area contributed by atoms with Gasteiger partial charge in [0.05, 0.1) is 24.4 Å². The van der Waals surface area contributed by atoms with Gasteiger partial charge in [-0.15, -0.1) is 0 Å². The highest BCUT2D eigenvalue weighted by atomic mass is 16.5. The van der Waals surface area contributed by atoms with Crippen molar-refractivity contribution in [3.05, 3.63) is 53.0 Å². The number of amides is 1. The molecule has 0 aliphatic carbocycles. The van der Waals surface area contributed by atoms with E-state index in [1.165, 1.54) is 12.0 Å². The van der Waals surface area contributed by atoms with Gasteiger partial charge < -0.3 is 28.8 Å². The minimum Gasteiger partial charge on any atom is -0.507 e. The molecule has 3 heterocycles. The number of rotatable bonds is 5. The third-order valence-corrected chi connectivity index (χ3v) is 5.43. The number of anilines is 1. The Morgan fingerprint density at radius 3 is 2.77 bits per heavy atom. The van der Waals surface area contributed by atoms with Crippen LogP contribution in [-0.2, 0) is 14.3 Å². The number of benzene rings is 1. The van der Waals surface area contributed by atoms with E-state index >= 15 is 0 Å². The van der Waals surface area contributed by atoms with E-state index in [0.29, 0.717) is 36.0 Å². The van der Waals surface area contributed by atoms with Crippen LogP contribution in [0.5, 0.6) is 5.75 Å². The SMILES string of the molecule is COCCN1C(=O)C(=O)/C(=C(\O)c2ccc3c(c2)N(C)CCO3)C1c1ccc(C)o1. The summed E-state index contributed by atoms with van der Waals surface area (Å²) in [5.41, 5.74) is 1.25. The van der Waals surface area contributed by atoms with Crippen molar-refractivity contribution in [3.8, 4) is 5.75 Å². The highest BCUT2D eigenvalue weighted by molar-refractivity contribution is 6.46. The lowest BCUT2D eigenvalue weighted by Crippen LogP contribution is -2.32. The lowest BCUT2D eigenvalue weighted by atomic mass is 9.98. The third kappa shape index (κ3) is 3.33. The minimum absolute atomic E-state index is 0.00443. The molecule has 0 radical (unpaired) electrons. The van der Waals surface area contributed by atoms with Crippen molar-refractivity contribution in [1.29, 1.82) is 0 Å². The smallest absolute Gasteiger partial charge is 0.295 e. The minimum atomic E-state index is -0.820. The van der Waals surface area contributed by atoms with Crippen molar-refractivity contribution >= 4 is 23.1 Å². The van der Waals surface area contributed by atoms with Crippen molar-refractivity contribution in [2.24, 2.45) is 0 Å². The van der Waals surface area contributed by atoms with Crippen LogP contribution in [0.15, 0.2) is 40.3 Å². The summed E-state index contributed by atoms with van der Waals surface area (Å²) in [5, 5.41) is 11.1. The van der Waals surface area contributed by atoms with E-state index in [4.69, 9.17) is 13.9 Å². The fourth-order valence-electron chi connectivity index (χ4n) is 3.85. The van der Waals surface area contributed by atoms with Crippen LogP contribution in [0.25, 0.3) is 5.76 Å². The van der Waals surface area contributed by atoms with Gasteiger partial charge in [0.1, 0.15) is 35.7 Å². The first kappa shape index (κ1) is 20.0. The average Bonchev–Trinajstić information content (AvgIpc) is 3.27. The standard InChI is InChI=1S/C22H24N2O6/c1-13-4-6-17(30-13)19-18(21(26)22(27)24(19)9-10-28-3)20(25)14-5-7-16-15(12-14)23(2)8-11-29-16/h4-7,12,19,25H,8-11H2,1-3H3/b20-18-. The number of carbonyl (C=O) groups is 2. The van der Waals surface area contributed by atoms with Gasteiger partial charge in [-0.1, -0.05) is 0 Å². The van der Waals surface area contributed by atoms with Crippen molar-refractivity contribution < 1.29 is 28.6 Å². The number of hydrogen-bond acceptors (Lipinski definition) is 7. The maximum absolute atomic E-state index is 12.9. The molecule has 1 atom stereocenters. The lowest BCUT2D eigenvalue weighted by molar-refractivity contribution is -0.140. The summed E-state index contributed by atoms with van der Waals surface area (Å²) in [5.74, 6) is 0.0989. The van der Waals surface area contributed by atoms with E-state index < -0.39 is 17.7 Å². The first-order valence-corrected chi connectivity index (χ1v) is 9.74. The highest BCUT2D eigenvalue weighted by Crippen LogP contribution is 2.41. The molecule has 1 aromatic heterocycles. The molecule has 1 saturated heterocycles. The predicted molar refractivity (Wildman–Crippen MR) is 110 cm³/mol. The van der Waals surface area contributed by atoms with Crippen molar-refractivity contribution in [2.45, 2.75) is 13.0 Å². The van der Waals surface area contributed by atoms with Crippen LogP contribution in [-0.4, -0.2) is 62.2 Å². The summed E-state index contributed by atoms with van der Waals surface area (Å²) in [7, 11) is 3.45. The molecule has 8 nitrogen and oxygen atoms in total. The molecule has 1 fully saturated rings. The number of aliphatic hydroxyl groups is 1. The average molecular weight is 412 g/mol. The first-order chi connectivity index (χ1) is 14.4. The third-order valence-electron chi connectivity index (χ3n) is 5.43. The molecular weight excluding hydrogens is 388 g/mol. The molecule has 1 amide bonds. The van der Waals surface area contributed by atoms with Gasteiger partial charge in [-0.25, -0.2) is 0 Å². The van der Waals surface area contributed by atoms with Crippen LogP contribution >= 0.6 is 0 Å². The Hall–Kier alpha value is -3.26. The number of nitrogens with zero attached hydrogens (tertiary/aromatic N) is 2. The number of methoxy groups -OCH3 is 1. The van der Waals surface area contributed by atoms with E-state index in [9.17, 15) is 14.7 Å². The molecule has 1 unspecified atom stereocenters. The summed E-state index contributed by atoms with van der Waals surface area (Å²) >= 11 is 0. The molecule has 4 rings (SSSR count). The van der Waals surface area contributed by atoms with Crippen LogP contribution in [0.3, 0.4) is 0 Å². The number of fused-ring (bicyclic) bond motifs is 1. The fraction of sp³-hybridized carbons (Fsp3) is 0.364. The molecule has 2 aliphatic heterocycles. The lowest BCUT2D eigenvalue weighted by Gasteiger charge is -2.28. The number of ketones is 1. The predicted octanol–water partition coefficient (Wildman–Crippen LogP) is 2.48. The van der Waals surface area contributed by atoms with Gasteiger partial charge in [0.15, 0.2) is 0 Å². The Morgan fingerprint density at radius 2 is 2.07 bits per heavy atom. The Labute approximate surface area is 174 Å². The molecule has 0 spiro atoms. The summed E-state index contributed by atoms with van der Waals surface area (Å²) in [6.07, 6.45) is 0. The number of furan rings is 1. The topological polar surface area (TPSA) is 92.5 Å². The maximum atomic E-state index is 12.9. The second-order valence-corrected chi connectivity index (χ2v) is 7.39. The monoisotopic (exact) mass is 412 g/mol. The van der Waals surface area contributed by atoms with Crippen LogP contribution < -0.4 is 9.64 Å². The number of ether oxygens (including phenoxy) is 2. The van der Waals surface area contributed by atoms with Crippen LogP contribution in [0.4, 0.5) is 5.69 Å². The Balaban J connectivity index is 1.83. The van der Waals surface area contributed by atoms with Gasteiger partial charge in [0, 0.05) is 26.3 Å².